The first-order valence-corrected chi connectivity index (χ1v) is 8.57. The summed E-state index contributed by atoms with van der Waals surface area (Å²) in [5.41, 5.74) is 1.76. The number of benzene rings is 2. The van der Waals surface area contributed by atoms with E-state index in [1.54, 1.807) is 19.2 Å². The highest BCUT2D eigenvalue weighted by Crippen LogP contribution is 2.30. The molecule has 1 aromatic heterocycles. The lowest BCUT2D eigenvalue weighted by Gasteiger charge is -2.13. The van der Waals surface area contributed by atoms with E-state index in [4.69, 9.17) is 4.74 Å². The van der Waals surface area contributed by atoms with E-state index < -0.39 is 12.6 Å². The van der Waals surface area contributed by atoms with Crippen molar-refractivity contribution < 1.29 is 23.0 Å². The molecule has 0 aliphatic heterocycles. The number of anilines is 1. The first-order valence-electron chi connectivity index (χ1n) is 8.57. The number of hydrogen-bond acceptors (Lipinski definition) is 4. The average Bonchev–Trinajstić information content (AvgIpc) is 2.70. The number of aromatic nitrogens is 1. The van der Waals surface area contributed by atoms with Crippen LogP contribution in [0.4, 0.5) is 19.3 Å². The Hall–Kier alpha value is -3.42. The lowest BCUT2D eigenvalue weighted by molar-refractivity contribution is -0.0489. The third-order valence-corrected chi connectivity index (χ3v) is 4.06. The molecule has 6 nitrogen and oxygen atoms in total. The smallest absolute Gasteiger partial charge is 0.387 e. The van der Waals surface area contributed by atoms with Gasteiger partial charge in [-0.3, -0.25) is 4.98 Å². The Balaban J connectivity index is 1.62. The molecule has 0 saturated carbocycles. The van der Waals surface area contributed by atoms with E-state index in [9.17, 15) is 13.6 Å². The van der Waals surface area contributed by atoms with Gasteiger partial charge in [-0.05, 0) is 48.4 Å². The van der Waals surface area contributed by atoms with Crippen LogP contribution < -0.4 is 20.1 Å². The maximum Gasteiger partial charge on any atom is 0.387 e. The van der Waals surface area contributed by atoms with E-state index in [0.29, 0.717) is 24.0 Å². The predicted octanol–water partition coefficient (Wildman–Crippen LogP) is 4.21. The summed E-state index contributed by atoms with van der Waals surface area (Å²) in [4.78, 5) is 16.3. The minimum Gasteiger partial charge on any atom is -0.497 e. The van der Waals surface area contributed by atoms with E-state index >= 15 is 0 Å². The molecule has 3 rings (SSSR count). The number of pyridine rings is 1. The Labute approximate surface area is 160 Å². The van der Waals surface area contributed by atoms with Crippen molar-refractivity contribution in [2.24, 2.45) is 0 Å². The number of methoxy groups -OCH3 is 1. The number of fused-ring (bicyclic) bond motifs is 1. The molecule has 0 fully saturated rings. The average molecular weight is 387 g/mol. The third kappa shape index (κ3) is 4.85. The van der Waals surface area contributed by atoms with E-state index in [0.717, 1.165) is 11.3 Å². The van der Waals surface area contributed by atoms with Gasteiger partial charge in [0.05, 0.1) is 12.8 Å². The number of carbonyl (C=O) groups excluding carboxylic acids is 1. The Morgan fingerprint density at radius 2 is 1.93 bits per heavy atom. The molecule has 0 spiro atoms. The molecule has 28 heavy (non-hydrogen) atoms. The molecule has 0 bridgehead atoms. The van der Waals surface area contributed by atoms with Crippen molar-refractivity contribution in [3.8, 4) is 11.5 Å². The molecule has 0 atom stereocenters. The number of alkyl halides is 2. The van der Waals surface area contributed by atoms with Crippen molar-refractivity contribution >= 4 is 22.6 Å². The van der Waals surface area contributed by atoms with Gasteiger partial charge in [-0.2, -0.15) is 8.78 Å². The second-order valence-corrected chi connectivity index (χ2v) is 5.87. The first kappa shape index (κ1) is 19.3. The van der Waals surface area contributed by atoms with Crippen LogP contribution in [0.1, 0.15) is 5.56 Å². The number of ether oxygens (including phenoxy) is 2. The van der Waals surface area contributed by atoms with Crippen LogP contribution in [0.2, 0.25) is 0 Å². The Morgan fingerprint density at radius 3 is 2.64 bits per heavy atom. The highest BCUT2D eigenvalue weighted by Gasteiger charge is 2.13. The van der Waals surface area contributed by atoms with Crippen LogP contribution in [0.3, 0.4) is 0 Å². The summed E-state index contributed by atoms with van der Waals surface area (Å²) in [5, 5.41) is 5.99. The molecule has 0 aliphatic rings. The van der Waals surface area contributed by atoms with Crippen molar-refractivity contribution in [3.63, 3.8) is 0 Å². The molecule has 3 aromatic rings. The Morgan fingerprint density at radius 1 is 1.14 bits per heavy atom. The summed E-state index contributed by atoms with van der Waals surface area (Å²) in [6.07, 6.45) is 2.13. The summed E-state index contributed by atoms with van der Waals surface area (Å²) in [6, 6.07) is 13.4. The zero-order valence-corrected chi connectivity index (χ0v) is 15.1. The van der Waals surface area contributed by atoms with E-state index in [1.165, 1.54) is 18.3 Å². The first-order chi connectivity index (χ1) is 13.6. The molecular weight excluding hydrogens is 368 g/mol. The number of nitrogens with zero attached hydrogens (tertiary/aromatic N) is 1. The standard InChI is InChI=1S/C20H19F2N3O3/c1-27-14-6-4-13(5-7-14)10-12-24-20(26)25-16-8-9-17(28-19(21)22)18-15(16)3-2-11-23-18/h2-9,11,19H,10,12H2,1H3,(H2,24,25,26). The Bertz CT molecular complexity index is 949. The van der Waals surface area contributed by atoms with Gasteiger partial charge < -0.3 is 20.1 Å². The topological polar surface area (TPSA) is 72.5 Å². The van der Waals surface area contributed by atoms with Gasteiger partial charge in [0.1, 0.15) is 11.3 Å². The number of hydrogen-bond donors (Lipinski definition) is 2. The maximum atomic E-state index is 12.5. The lowest BCUT2D eigenvalue weighted by Crippen LogP contribution is -2.30. The summed E-state index contributed by atoms with van der Waals surface area (Å²) < 4.78 is 34.7. The fourth-order valence-electron chi connectivity index (χ4n) is 2.73. The molecule has 0 saturated heterocycles. The van der Waals surface area contributed by atoms with E-state index in [-0.39, 0.29) is 11.3 Å². The van der Waals surface area contributed by atoms with Crippen LogP contribution in [0.15, 0.2) is 54.7 Å². The minimum atomic E-state index is -2.95. The monoisotopic (exact) mass is 387 g/mol. The molecular formula is C20H19F2N3O3. The molecule has 0 unspecified atom stereocenters. The van der Waals surface area contributed by atoms with Crippen molar-refractivity contribution in [3.05, 3.63) is 60.3 Å². The molecule has 8 heteroatoms. The summed E-state index contributed by atoms with van der Waals surface area (Å²) in [5.74, 6) is 0.727. The van der Waals surface area contributed by atoms with Gasteiger partial charge >= 0.3 is 12.6 Å². The van der Waals surface area contributed by atoms with Crippen molar-refractivity contribution in [1.82, 2.24) is 10.3 Å². The van der Waals surface area contributed by atoms with Crippen LogP contribution in [0.25, 0.3) is 10.9 Å². The van der Waals surface area contributed by atoms with Gasteiger partial charge in [-0.1, -0.05) is 12.1 Å². The molecule has 146 valence electrons. The largest absolute Gasteiger partial charge is 0.497 e. The number of urea groups is 1. The van der Waals surface area contributed by atoms with Crippen LogP contribution in [0.5, 0.6) is 11.5 Å². The van der Waals surface area contributed by atoms with Crippen LogP contribution in [-0.2, 0) is 6.42 Å². The number of amides is 2. The lowest BCUT2D eigenvalue weighted by atomic mass is 10.1. The third-order valence-electron chi connectivity index (χ3n) is 4.06. The second kappa shape index (κ2) is 8.98. The van der Waals surface area contributed by atoms with Crippen LogP contribution in [-0.4, -0.2) is 31.3 Å². The molecule has 2 amide bonds. The zero-order valence-electron chi connectivity index (χ0n) is 15.1. The predicted molar refractivity (Wildman–Crippen MR) is 102 cm³/mol. The van der Waals surface area contributed by atoms with Gasteiger partial charge in [0.25, 0.3) is 0 Å². The quantitative estimate of drug-likeness (QED) is 0.637. The fraction of sp³-hybridized carbons (Fsp3) is 0.200. The van der Waals surface area contributed by atoms with Gasteiger partial charge in [-0.25, -0.2) is 4.79 Å². The number of carbonyl (C=O) groups is 1. The van der Waals surface area contributed by atoms with Gasteiger partial charge in [0.2, 0.25) is 0 Å². The van der Waals surface area contributed by atoms with Crippen molar-refractivity contribution in [1.29, 1.82) is 0 Å². The normalized spacial score (nSPS) is 10.7. The fourth-order valence-corrected chi connectivity index (χ4v) is 2.73. The molecule has 2 aromatic carbocycles. The summed E-state index contributed by atoms with van der Waals surface area (Å²) >= 11 is 0. The minimum absolute atomic E-state index is 0.0453. The number of rotatable bonds is 7. The summed E-state index contributed by atoms with van der Waals surface area (Å²) in [7, 11) is 1.60. The van der Waals surface area contributed by atoms with Gasteiger partial charge in [0, 0.05) is 18.1 Å². The Kier molecular flexibility index (Phi) is 6.21. The molecule has 0 aliphatic carbocycles. The molecule has 0 radical (unpaired) electrons. The second-order valence-electron chi connectivity index (χ2n) is 5.87. The van der Waals surface area contributed by atoms with Gasteiger partial charge in [0.15, 0.2) is 5.75 Å². The van der Waals surface area contributed by atoms with Gasteiger partial charge in [-0.15, -0.1) is 0 Å². The SMILES string of the molecule is COc1ccc(CCNC(=O)Nc2ccc(OC(F)F)c3ncccc23)cc1. The van der Waals surface area contributed by atoms with Crippen molar-refractivity contribution in [2.75, 3.05) is 19.0 Å². The van der Waals surface area contributed by atoms with E-state index in [2.05, 4.69) is 20.4 Å². The highest BCUT2D eigenvalue weighted by atomic mass is 19.3. The number of halogens is 2. The molecule has 1 heterocycles. The van der Waals surface area contributed by atoms with Crippen molar-refractivity contribution in [2.45, 2.75) is 13.0 Å². The summed E-state index contributed by atoms with van der Waals surface area (Å²) in [6.45, 7) is -2.52. The van der Waals surface area contributed by atoms with Crippen LogP contribution in [0, 0.1) is 0 Å². The molecule has 2 N–H and O–H groups in total. The zero-order chi connectivity index (χ0) is 19.9. The van der Waals surface area contributed by atoms with E-state index in [1.807, 2.05) is 24.3 Å². The van der Waals surface area contributed by atoms with Crippen LogP contribution >= 0.6 is 0 Å². The highest BCUT2D eigenvalue weighted by molar-refractivity contribution is 6.02. The number of nitrogens with one attached hydrogen (secondary N) is 2. The maximum absolute atomic E-state index is 12.5.